The molecular formula is C24H33N5O3. The molecular weight excluding hydrogens is 406 g/mol. The number of rotatable bonds is 3. The molecule has 8 heteroatoms. The molecule has 2 N–H and O–H groups in total. The van der Waals surface area contributed by atoms with E-state index in [4.69, 9.17) is 5.73 Å². The third-order valence-electron chi connectivity index (χ3n) is 8.08. The number of anilines is 1. The molecule has 4 aliphatic rings. The zero-order chi connectivity index (χ0) is 22.5. The summed E-state index contributed by atoms with van der Waals surface area (Å²) in [6.45, 7) is 3.63. The van der Waals surface area contributed by atoms with Gasteiger partial charge in [-0.05, 0) is 69.8 Å². The van der Waals surface area contributed by atoms with Crippen LogP contribution in [0, 0.1) is 0 Å². The number of benzene rings is 1. The monoisotopic (exact) mass is 439 g/mol. The molecule has 1 atom stereocenters. The second-order valence-corrected chi connectivity index (χ2v) is 9.70. The summed E-state index contributed by atoms with van der Waals surface area (Å²) in [5, 5.41) is 0. The van der Waals surface area contributed by atoms with Gasteiger partial charge in [-0.3, -0.25) is 19.3 Å². The Balaban J connectivity index is 1.33. The van der Waals surface area contributed by atoms with Crippen LogP contribution >= 0.6 is 0 Å². The fourth-order valence-corrected chi connectivity index (χ4v) is 6.14. The van der Waals surface area contributed by atoms with Crippen molar-refractivity contribution < 1.29 is 14.4 Å². The van der Waals surface area contributed by atoms with E-state index in [2.05, 4.69) is 9.80 Å². The highest BCUT2D eigenvalue weighted by atomic mass is 16.2. The number of likely N-dealkylation sites (tertiary alicyclic amines) is 2. The second kappa shape index (κ2) is 8.06. The zero-order valence-electron chi connectivity index (χ0n) is 18.9. The van der Waals surface area contributed by atoms with Crippen molar-refractivity contribution in [2.45, 2.75) is 56.7 Å². The number of hydrogen-bond acceptors (Lipinski definition) is 5. The van der Waals surface area contributed by atoms with E-state index in [1.54, 1.807) is 12.1 Å². The van der Waals surface area contributed by atoms with Crippen LogP contribution in [-0.2, 0) is 4.79 Å². The number of piperidine rings is 2. The number of amides is 3. The van der Waals surface area contributed by atoms with E-state index in [-0.39, 0.29) is 23.9 Å². The van der Waals surface area contributed by atoms with Gasteiger partial charge in [-0.1, -0.05) is 6.42 Å². The number of nitrogens with two attached hydrogens (primary N) is 1. The molecule has 172 valence electrons. The van der Waals surface area contributed by atoms with Crippen molar-refractivity contribution >= 4 is 23.4 Å². The van der Waals surface area contributed by atoms with Crippen molar-refractivity contribution in [3.63, 3.8) is 0 Å². The van der Waals surface area contributed by atoms with Crippen molar-refractivity contribution in [2.75, 3.05) is 44.7 Å². The minimum Gasteiger partial charge on any atom is -0.368 e. The molecule has 0 aliphatic carbocycles. The van der Waals surface area contributed by atoms with Gasteiger partial charge in [0.2, 0.25) is 5.91 Å². The molecule has 0 aromatic heterocycles. The summed E-state index contributed by atoms with van der Waals surface area (Å²) >= 11 is 0. The largest absolute Gasteiger partial charge is 0.368 e. The molecule has 8 nitrogen and oxygen atoms in total. The molecule has 0 saturated carbocycles. The molecule has 4 heterocycles. The normalized spacial score (nSPS) is 25.5. The quantitative estimate of drug-likeness (QED) is 0.773. The highest BCUT2D eigenvalue weighted by Gasteiger charge is 2.46. The van der Waals surface area contributed by atoms with Crippen molar-refractivity contribution in [3.8, 4) is 0 Å². The lowest BCUT2D eigenvalue weighted by Gasteiger charge is -2.48. The molecule has 3 saturated heterocycles. The average molecular weight is 440 g/mol. The van der Waals surface area contributed by atoms with Crippen LogP contribution in [0.25, 0.3) is 0 Å². The van der Waals surface area contributed by atoms with Crippen molar-refractivity contribution in [2.24, 2.45) is 5.73 Å². The average Bonchev–Trinajstić information content (AvgIpc) is 3.33. The molecule has 4 aliphatic heterocycles. The molecule has 0 spiro atoms. The maximum Gasteiger partial charge on any atom is 0.257 e. The molecule has 0 radical (unpaired) electrons. The van der Waals surface area contributed by atoms with Crippen LogP contribution in [0.3, 0.4) is 0 Å². The van der Waals surface area contributed by atoms with E-state index in [0.29, 0.717) is 37.1 Å². The fraction of sp³-hybridized carbons (Fsp3) is 0.625. The standard InChI is InChI=1S/C24H33N5O3/c1-26-19-16-17(7-8-18(19)22(31)29-13-5-6-20(26)29)21(30)27-14-9-24(10-15-27,23(25)32)28-11-3-2-4-12-28/h7-8,16,20H,2-6,9-15H2,1H3,(H2,25,32)/t20-/m0/s1. The Labute approximate surface area is 189 Å². The first-order chi connectivity index (χ1) is 15.4. The van der Waals surface area contributed by atoms with Gasteiger partial charge in [0.15, 0.2) is 0 Å². The topological polar surface area (TPSA) is 90.2 Å². The van der Waals surface area contributed by atoms with E-state index >= 15 is 0 Å². The Morgan fingerprint density at radius 1 is 1.00 bits per heavy atom. The van der Waals surface area contributed by atoms with Crippen LogP contribution in [0.15, 0.2) is 18.2 Å². The van der Waals surface area contributed by atoms with E-state index < -0.39 is 5.54 Å². The number of fused-ring (bicyclic) bond motifs is 2. The number of carbonyl (C=O) groups excluding carboxylic acids is 3. The summed E-state index contributed by atoms with van der Waals surface area (Å²) in [5.41, 5.74) is 7.35. The number of hydrogen-bond donors (Lipinski definition) is 1. The summed E-state index contributed by atoms with van der Waals surface area (Å²) in [4.78, 5) is 46.8. The maximum absolute atomic E-state index is 13.3. The van der Waals surface area contributed by atoms with Crippen LogP contribution < -0.4 is 10.6 Å². The minimum absolute atomic E-state index is 0.0424. The molecule has 3 amide bonds. The predicted octanol–water partition coefficient (Wildman–Crippen LogP) is 1.64. The first kappa shape index (κ1) is 21.2. The van der Waals surface area contributed by atoms with E-state index in [1.807, 2.05) is 22.9 Å². The van der Waals surface area contributed by atoms with Gasteiger partial charge in [-0.25, -0.2) is 0 Å². The highest BCUT2D eigenvalue weighted by Crippen LogP contribution is 2.36. The highest BCUT2D eigenvalue weighted by molar-refractivity contribution is 6.04. The minimum atomic E-state index is -0.633. The Hall–Kier alpha value is -2.61. The Kier molecular flexibility index (Phi) is 5.35. The molecule has 1 aromatic rings. The number of primary amides is 1. The Bertz CT molecular complexity index is 934. The number of carbonyl (C=O) groups is 3. The van der Waals surface area contributed by atoms with Gasteiger partial charge >= 0.3 is 0 Å². The van der Waals surface area contributed by atoms with Gasteiger partial charge in [-0.15, -0.1) is 0 Å². The fourth-order valence-electron chi connectivity index (χ4n) is 6.14. The van der Waals surface area contributed by atoms with Crippen LogP contribution in [0.2, 0.25) is 0 Å². The third kappa shape index (κ3) is 3.27. The van der Waals surface area contributed by atoms with Gasteiger partial charge in [0.25, 0.3) is 11.8 Å². The number of nitrogens with zero attached hydrogens (tertiary/aromatic N) is 4. The lowest BCUT2D eigenvalue weighted by Crippen LogP contribution is -2.63. The summed E-state index contributed by atoms with van der Waals surface area (Å²) in [6, 6.07) is 5.43. The maximum atomic E-state index is 13.3. The summed E-state index contributed by atoms with van der Waals surface area (Å²) < 4.78 is 0. The molecule has 5 rings (SSSR count). The van der Waals surface area contributed by atoms with Crippen molar-refractivity contribution in [3.05, 3.63) is 29.3 Å². The summed E-state index contributed by atoms with van der Waals surface area (Å²) in [7, 11) is 2.00. The SMILES string of the molecule is CN1c2cc(C(=O)N3CCC(C(N)=O)(N4CCCCC4)CC3)ccc2C(=O)N2CCC[C@H]21. The predicted molar refractivity (Wildman–Crippen MR) is 121 cm³/mol. The smallest absolute Gasteiger partial charge is 0.257 e. The van der Waals surface area contributed by atoms with Gasteiger partial charge in [0.05, 0.1) is 11.3 Å². The Morgan fingerprint density at radius 2 is 1.72 bits per heavy atom. The molecule has 32 heavy (non-hydrogen) atoms. The Morgan fingerprint density at radius 3 is 2.41 bits per heavy atom. The van der Waals surface area contributed by atoms with E-state index in [0.717, 1.165) is 51.0 Å². The molecule has 0 bridgehead atoms. The van der Waals surface area contributed by atoms with E-state index in [9.17, 15) is 14.4 Å². The van der Waals surface area contributed by atoms with Crippen LogP contribution in [0.5, 0.6) is 0 Å². The molecule has 3 fully saturated rings. The summed E-state index contributed by atoms with van der Waals surface area (Å²) in [6.07, 6.45) is 6.59. The van der Waals surface area contributed by atoms with Crippen LogP contribution in [0.4, 0.5) is 5.69 Å². The second-order valence-electron chi connectivity index (χ2n) is 9.70. The first-order valence-electron chi connectivity index (χ1n) is 11.9. The molecule has 0 unspecified atom stereocenters. The first-order valence-corrected chi connectivity index (χ1v) is 11.9. The van der Waals surface area contributed by atoms with E-state index in [1.165, 1.54) is 6.42 Å². The van der Waals surface area contributed by atoms with Gasteiger partial charge in [0, 0.05) is 32.2 Å². The van der Waals surface area contributed by atoms with Crippen LogP contribution in [-0.4, -0.2) is 83.9 Å². The van der Waals surface area contributed by atoms with Gasteiger partial charge < -0.3 is 20.4 Å². The van der Waals surface area contributed by atoms with Gasteiger partial charge in [0.1, 0.15) is 11.7 Å². The zero-order valence-corrected chi connectivity index (χ0v) is 18.9. The summed E-state index contributed by atoms with van der Waals surface area (Å²) in [5.74, 6) is -0.244. The van der Waals surface area contributed by atoms with Crippen LogP contribution in [0.1, 0.15) is 65.7 Å². The molecule has 1 aromatic carbocycles. The lowest BCUT2D eigenvalue weighted by atomic mass is 9.83. The van der Waals surface area contributed by atoms with Gasteiger partial charge in [-0.2, -0.15) is 0 Å². The lowest BCUT2D eigenvalue weighted by molar-refractivity contribution is -0.134. The van der Waals surface area contributed by atoms with Crippen molar-refractivity contribution in [1.82, 2.24) is 14.7 Å². The van der Waals surface area contributed by atoms with Crippen molar-refractivity contribution in [1.29, 1.82) is 0 Å². The third-order valence-corrected chi connectivity index (χ3v) is 8.08.